The van der Waals surface area contributed by atoms with Gasteiger partial charge in [-0.25, -0.2) is 9.97 Å². The van der Waals surface area contributed by atoms with Gasteiger partial charge in [-0.2, -0.15) is 0 Å². The quantitative estimate of drug-likeness (QED) is 0.682. The van der Waals surface area contributed by atoms with Crippen molar-refractivity contribution >= 4 is 22.4 Å². The molecule has 2 heterocycles. The maximum Gasteiger partial charge on any atom is 0.182 e. The molecule has 0 saturated heterocycles. The van der Waals surface area contributed by atoms with Gasteiger partial charge in [-0.1, -0.05) is 0 Å². The minimum atomic E-state index is 0.124. The molecule has 1 aromatic carbocycles. The van der Waals surface area contributed by atoms with Crippen LogP contribution in [0.2, 0.25) is 0 Å². The molecular formula is C10H6N2O2S. The smallest absolute Gasteiger partial charge is 0.182 e. The fourth-order valence-electron chi connectivity index (χ4n) is 1.46. The number of fused-ring (bicyclic) bond motifs is 1. The van der Waals surface area contributed by atoms with Gasteiger partial charge in [0.2, 0.25) is 0 Å². The Kier molecular flexibility index (Phi) is 1.72. The van der Waals surface area contributed by atoms with Gasteiger partial charge in [-0.05, 0) is 12.1 Å². The molecule has 2 aromatic heterocycles. The van der Waals surface area contributed by atoms with Crippen LogP contribution < -0.4 is 0 Å². The molecule has 5 heteroatoms. The van der Waals surface area contributed by atoms with E-state index in [9.17, 15) is 5.11 Å². The Morgan fingerprint density at radius 1 is 1.27 bits per heavy atom. The highest BCUT2D eigenvalue weighted by Gasteiger charge is 2.12. The third-order valence-electron chi connectivity index (χ3n) is 2.13. The third-order valence-corrected chi connectivity index (χ3v) is 2.93. The van der Waals surface area contributed by atoms with E-state index in [1.54, 1.807) is 18.3 Å². The summed E-state index contributed by atoms with van der Waals surface area (Å²) in [5.74, 6) is 0.124. The van der Waals surface area contributed by atoms with Gasteiger partial charge in [0.1, 0.15) is 10.8 Å². The maximum atomic E-state index is 9.54. The average Bonchev–Trinajstić information content (AvgIpc) is 2.88. The van der Waals surface area contributed by atoms with Gasteiger partial charge >= 0.3 is 0 Å². The van der Waals surface area contributed by atoms with Gasteiger partial charge in [0.15, 0.2) is 17.5 Å². The number of phenolic OH excluding ortho intramolecular Hbond substituents is 1. The molecule has 0 aliphatic rings. The highest BCUT2D eigenvalue weighted by Crippen LogP contribution is 2.33. The number of phenols is 1. The maximum absolute atomic E-state index is 9.54. The van der Waals surface area contributed by atoms with Crippen LogP contribution in [0.1, 0.15) is 0 Å². The SMILES string of the molecule is Oc1ccc(-c2nccs2)c2ocnc12. The van der Waals surface area contributed by atoms with Gasteiger partial charge in [0.05, 0.1) is 5.56 Å². The van der Waals surface area contributed by atoms with Crippen molar-refractivity contribution < 1.29 is 9.52 Å². The van der Waals surface area contributed by atoms with E-state index >= 15 is 0 Å². The Labute approximate surface area is 88.8 Å². The van der Waals surface area contributed by atoms with Crippen molar-refractivity contribution in [3.63, 3.8) is 0 Å². The van der Waals surface area contributed by atoms with E-state index < -0.39 is 0 Å². The molecule has 0 aliphatic heterocycles. The van der Waals surface area contributed by atoms with Crippen LogP contribution in [0.15, 0.2) is 34.5 Å². The zero-order valence-corrected chi connectivity index (χ0v) is 8.36. The highest BCUT2D eigenvalue weighted by atomic mass is 32.1. The van der Waals surface area contributed by atoms with E-state index in [0.29, 0.717) is 11.1 Å². The van der Waals surface area contributed by atoms with E-state index in [2.05, 4.69) is 9.97 Å². The van der Waals surface area contributed by atoms with E-state index in [-0.39, 0.29) is 5.75 Å². The summed E-state index contributed by atoms with van der Waals surface area (Å²) in [6, 6.07) is 3.38. The van der Waals surface area contributed by atoms with Gasteiger partial charge in [0, 0.05) is 11.6 Å². The molecule has 3 aromatic rings. The summed E-state index contributed by atoms with van der Waals surface area (Å²) in [6.45, 7) is 0. The van der Waals surface area contributed by atoms with Crippen molar-refractivity contribution in [1.82, 2.24) is 9.97 Å². The number of thiazole rings is 1. The Morgan fingerprint density at radius 3 is 3.00 bits per heavy atom. The summed E-state index contributed by atoms with van der Waals surface area (Å²) in [5.41, 5.74) is 1.91. The monoisotopic (exact) mass is 218 g/mol. The molecule has 4 nitrogen and oxygen atoms in total. The zero-order chi connectivity index (χ0) is 10.3. The molecule has 0 spiro atoms. The van der Waals surface area contributed by atoms with Gasteiger partial charge in [0.25, 0.3) is 0 Å². The van der Waals surface area contributed by atoms with Crippen LogP contribution in [0.4, 0.5) is 0 Å². The first-order valence-electron chi connectivity index (χ1n) is 4.31. The first-order chi connectivity index (χ1) is 7.36. The standard InChI is InChI=1S/C10H6N2O2S/c13-7-2-1-6(10-11-3-4-15-10)9-8(7)12-5-14-9/h1-5,13H. The Hall–Kier alpha value is -1.88. The van der Waals surface area contributed by atoms with Crippen LogP contribution in [0.25, 0.3) is 21.7 Å². The van der Waals surface area contributed by atoms with Gasteiger partial charge in [-0.3, -0.25) is 0 Å². The van der Waals surface area contributed by atoms with Crippen LogP contribution in [0, 0.1) is 0 Å². The lowest BCUT2D eigenvalue weighted by Gasteiger charge is -1.98. The lowest BCUT2D eigenvalue weighted by Crippen LogP contribution is -1.78. The van der Waals surface area contributed by atoms with Crippen LogP contribution in [0.5, 0.6) is 5.75 Å². The molecule has 0 bridgehead atoms. The number of hydrogen-bond acceptors (Lipinski definition) is 5. The third kappa shape index (κ3) is 1.20. The molecule has 0 unspecified atom stereocenters. The number of aromatic nitrogens is 2. The van der Waals surface area contributed by atoms with Crippen LogP contribution in [0.3, 0.4) is 0 Å². The first kappa shape index (κ1) is 8.43. The second kappa shape index (κ2) is 3.06. The lowest BCUT2D eigenvalue weighted by molar-refractivity contribution is 0.480. The molecule has 0 radical (unpaired) electrons. The summed E-state index contributed by atoms with van der Waals surface area (Å²) < 4.78 is 5.25. The molecule has 0 atom stereocenters. The van der Waals surface area contributed by atoms with E-state index in [1.807, 2.05) is 5.38 Å². The molecule has 0 fully saturated rings. The Bertz CT molecular complexity index is 601. The molecular weight excluding hydrogens is 212 g/mol. The Balaban J connectivity index is 2.37. The second-order valence-corrected chi connectivity index (χ2v) is 3.89. The average molecular weight is 218 g/mol. The molecule has 0 aliphatic carbocycles. The summed E-state index contributed by atoms with van der Waals surface area (Å²) >= 11 is 1.52. The predicted octanol–water partition coefficient (Wildman–Crippen LogP) is 2.66. The highest BCUT2D eigenvalue weighted by molar-refractivity contribution is 7.13. The number of benzene rings is 1. The van der Waals surface area contributed by atoms with Crippen molar-refractivity contribution in [3.8, 4) is 16.3 Å². The molecule has 74 valence electrons. The van der Waals surface area contributed by atoms with Crippen molar-refractivity contribution in [2.24, 2.45) is 0 Å². The largest absolute Gasteiger partial charge is 0.506 e. The number of nitrogens with zero attached hydrogens (tertiary/aromatic N) is 2. The van der Waals surface area contributed by atoms with Crippen molar-refractivity contribution in [3.05, 3.63) is 30.1 Å². The topological polar surface area (TPSA) is 59.2 Å². The molecule has 0 saturated carbocycles. The second-order valence-electron chi connectivity index (χ2n) is 3.00. The summed E-state index contributed by atoms with van der Waals surface area (Å²) in [6.07, 6.45) is 3.05. The summed E-state index contributed by atoms with van der Waals surface area (Å²) in [7, 11) is 0. The zero-order valence-electron chi connectivity index (χ0n) is 7.54. The molecule has 3 rings (SSSR count). The predicted molar refractivity (Wildman–Crippen MR) is 56.8 cm³/mol. The first-order valence-corrected chi connectivity index (χ1v) is 5.19. The van der Waals surface area contributed by atoms with Gasteiger partial charge < -0.3 is 9.52 Å². The van der Waals surface area contributed by atoms with Crippen LogP contribution in [-0.2, 0) is 0 Å². The minimum absolute atomic E-state index is 0.124. The van der Waals surface area contributed by atoms with Gasteiger partial charge in [-0.15, -0.1) is 11.3 Å². The number of rotatable bonds is 1. The minimum Gasteiger partial charge on any atom is -0.506 e. The van der Waals surface area contributed by atoms with E-state index in [0.717, 1.165) is 10.6 Å². The van der Waals surface area contributed by atoms with Crippen LogP contribution in [-0.4, -0.2) is 15.1 Å². The van der Waals surface area contributed by atoms with Crippen molar-refractivity contribution in [2.45, 2.75) is 0 Å². The molecule has 15 heavy (non-hydrogen) atoms. The fourth-order valence-corrected chi connectivity index (χ4v) is 2.12. The van der Waals surface area contributed by atoms with Crippen LogP contribution >= 0.6 is 11.3 Å². The molecule has 0 amide bonds. The van der Waals surface area contributed by atoms with Crippen molar-refractivity contribution in [2.75, 3.05) is 0 Å². The number of hydrogen-bond donors (Lipinski definition) is 1. The Morgan fingerprint density at radius 2 is 2.20 bits per heavy atom. The van der Waals surface area contributed by atoms with E-state index in [1.165, 1.54) is 17.7 Å². The van der Waals surface area contributed by atoms with Crippen molar-refractivity contribution in [1.29, 1.82) is 0 Å². The molecule has 1 N–H and O–H groups in total. The summed E-state index contributed by atoms with van der Waals surface area (Å²) in [4.78, 5) is 8.14. The number of oxazole rings is 1. The number of aromatic hydroxyl groups is 1. The van der Waals surface area contributed by atoms with E-state index in [4.69, 9.17) is 4.42 Å². The fraction of sp³-hybridized carbons (Fsp3) is 0. The lowest BCUT2D eigenvalue weighted by atomic mass is 10.2. The normalized spacial score (nSPS) is 10.9. The summed E-state index contributed by atoms with van der Waals surface area (Å²) in [5, 5.41) is 12.3.